The van der Waals surface area contributed by atoms with Gasteiger partial charge < -0.3 is 0 Å². The molecule has 108 valence electrons. The van der Waals surface area contributed by atoms with Gasteiger partial charge in [-0.05, 0) is 26.3 Å². The fourth-order valence-electron chi connectivity index (χ4n) is 2.44. The van der Waals surface area contributed by atoms with Gasteiger partial charge >= 0.3 is 0 Å². The second kappa shape index (κ2) is 8.23. The van der Waals surface area contributed by atoms with Crippen LogP contribution in [-0.2, 0) is 0 Å². The van der Waals surface area contributed by atoms with Gasteiger partial charge in [-0.2, -0.15) is 0 Å². The molecular weight excluding hydrogens is 314 g/mol. The highest BCUT2D eigenvalue weighted by atomic mass is 79.9. The van der Waals surface area contributed by atoms with E-state index in [0.717, 1.165) is 6.54 Å². The molecule has 1 aliphatic heterocycles. The largest absolute Gasteiger partial charge is 0.292 e. The van der Waals surface area contributed by atoms with Crippen LogP contribution in [0.4, 0.5) is 0 Å². The molecule has 0 spiro atoms. The summed E-state index contributed by atoms with van der Waals surface area (Å²) in [7, 11) is -1.12. The fraction of sp³-hybridized carbons (Fsp3) is 0.625. The second-order valence-electron chi connectivity index (χ2n) is 6.40. The van der Waals surface area contributed by atoms with Gasteiger partial charge in [0.1, 0.15) is 0 Å². The van der Waals surface area contributed by atoms with Crippen molar-refractivity contribution in [2.24, 2.45) is 0 Å². The van der Waals surface area contributed by atoms with Crippen molar-refractivity contribution in [1.29, 1.82) is 0 Å². The molecule has 0 bridgehead atoms. The van der Waals surface area contributed by atoms with E-state index in [1.165, 1.54) is 30.3 Å². The molecule has 1 aliphatic rings. The third-order valence-corrected chi connectivity index (χ3v) is 5.36. The molecule has 1 saturated heterocycles. The molecule has 0 amide bonds. The Kier molecular flexibility index (Phi) is 7.33. The highest BCUT2D eigenvalue weighted by Gasteiger charge is 2.21. The normalized spacial score (nSPS) is 23.6. The third kappa shape index (κ3) is 7.28. The fourth-order valence-corrected chi connectivity index (χ4v) is 5.86. The van der Waals surface area contributed by atoms with Crippen LogP contribution < -0.4 is 0 Å². The van der Waals surface area contributed by atoms with Crippen molar-refractivity contribution in [3.8, 4) is 0 Å². The highest BCUT2D eigenvalue weighted by Crippen LogP contribution is 2.22. The summed E-state index contributed by atoms with van der Waals surface area (Å²) in [6.07, 6.45) is 12.7. The first-order valence-corrected chi connectivity index (χ1v) is 11.7. The molecule has 3 heteroatoms. The lowest BCUT2D eigenvalue weighted by Crippen LogP contribution is -2.39. The molecule has 0 radical (unpaired) electrons. The van der Waals surface area contributed by atoms with Gasteiger partial charge in [-0.1, -0.05) is 72.0 Å². The monoisotopic (exact) mass is 341 g/mol. The zero-order chi connectivity index (χ0) is 14.3. The van der Waals surface area contributed by atoms with Crippen LogP contribution in [-0.4, -0.2) is 32.1 Å². The van der Waals surface area contributed by atoms with Gasteiger partial charge in [-0.3, -0.25) is 4.90 Å². The van der Waals surface area contributed by atoms with E-state index in [9.17, 15) is 0 Å². The predicted octanol–water partition coefficient (Wildman–Crippen LogP) is 5.13. The molecule has 0 aromatic heterocycles. The van der Waals surface area contributed by atoms with Gasteiger partial charge in [-0.15, -0.1) is 0 Å². The first kappa shape index (κ1) is 16.9. The van der Waals surface area contributed by atoms with Crippen LogP contribution >= 0.6 is 15.9 Å². The zero-order valence-electron chi connectivity index (χ0n) is 12.8. The molecule has 0 aliphatic carbocycles. The van der Waals surface area contributed by atoms with Crippen LogP contribution in [0, 0.1) is 0 Å². The maximum absolute atomic E-state index is 3.77. The zero-order valence-corrected chi connectivity index (χ0v) is 15.4. The van der Waals surface area contributed by atoms with Gasteiger partial charge in [0.15, 0.2) is 0 Å². The van der Waals surface area contributed by atoms with E-state index in [2.05, 4.69) is 77.4 Å². The lowest BCUT2D eigenvalue weighted by atomic mass is 10.0. The summed E-state index contributed by atoms with van der Waals surface area (Å²) in [5.74, 6) is 0. The maximum atomic E-state index is 3.77. The lowest BCUT2D eigenvalue weighted by molar-refractivity contribution is 0.198. The minimum Gasteiger partial charge on any atom is -0.292 e. The molecule has 0 aromatic carbocycles. The number of piperidine rings is 1. The molecular formula is C16H28BrNSi. The van der Waals surface area contributed by atoms with Gasteiger partial charge in [-0.25, -0.2) is 0 Å². The number of allylic oxidation sites excluding steroid dienone is 3. The van der Waals surface area contributed by atoms with E-state index in [4.69, 9.17) is 0 Å². The number of nitrogens with zero attached hydrogens (tertiary/aromatic N) is 1. The summed E-state index contributed by atoms with van der Waals surface area (Å²) >= 11 is 3.77. The molecule has 1 nitrogen and oxygen atoms in total. The quantitative estimate of drug-likeness (QED) is 0.494. The maximum Gasteiger partial charge on any atom is 0.0698 e. The molecule has 1 rings (SSSR count). The van der Waals surface area contributed by atoms with E-state index in [1.807, 2.05) is 0 Å². The Morgan fingerprint density at radius 1 is 1.26 bits per heavy atom. The molecule has 19 heavy (non-hydrogen) atoms. The summed E-state index contributed by atoms with van der Waals surface area (Å²) < 4.78 is 1.37. The Balaban J connectivity index is 2.64. The highest BCUT2D eigenvalue weighted by molar-refractivity contribution is 9.11. The summed E-state index contributed by atoms with van der Waals surface area (Å²) in [5.41, 5.74) is 2.47. The topological polar surface area (TPSA) is 3.24 Å². The summed E-state index contributed by atoms with van der Waals surface area (Å²) in [6.45, 7) is 11.5. The minimum absolute atomic E-state index is 0.604. The number of rotatable bonds is 5. The Morgan fingerprint density at radius 2 is 2.00 bits per heavy atom. The first-order chi connectivity index (χ1) is 8.92. The van der Waals surface area contributed by atoms with Crippen molar-refractivity contribution in [1.82, 2.24) is 4.90 Å². The predicted molar refractivity (Wildman–Crippen MR) is 93.5 cm³/mol. The van der Waals surface area contributed by atoms with Crippen LogP contribution in [0.5, 0.6) is 0 Å². The van der Waals surface area contributed by atoms with Crippen molar-refractivity contribution in [3.05, 3.63) is 34.5 Å². The molecule has 1 fully saturated rings. The Morgan fingerprint density at radius 3 is 2.63 bits per heavy atom. The van der Waals surface area contributed by atoms with Crippen molar-refractivity contribution < 1.29 is 0 Å². The molecule has 1 unspecified atom stereocenters. The SMILES string of the molecule is C/C=C/C=C/C1CCCCN1C/C(Br)=C/[Si](C)(C)C. The second-order valence-corrected chi connectivity index (χ2v) is 12.4. The number of hydrogen-bond donors (Lipinski definition) is 0. The van der Waals surface area contributed by atoms with Gasteiger partial charge in [0.2, 0.25) is 0 Å². The molecule has 1 heterocycles. The van der Waals surface area contributed by atoms with Crippen LogP contribution in [0.25, 0.3) is 0 Å². The molecule has 0 aromatic rings. The van der Waals surface area contributed by atoms with Gasteiger partial charge in [0, 0.05) is 17.1 Å². The van der Waals surface area contributed by atoms with Crippen molar-refractivity contribution in [2.45, 2.75) is 51.9 Å². The van der Waals surface area contributed by atoms with Crippen LogP contribution in [0.2, 0.25) is 19.6 Å². The standard InChI is InChI=1S/C16H28BrNSi/c1-5-6-7-10-16-11-8-9-12-18(16)13-15(17)14-19(2,3)4/h5-7,10,14,16H,8-9,11-13H2,1-4H3/b6-5+,10-7+,15-14-. The number of likely N-dealkylation sites (tertiary alicyclic amines) is 1. The van der Waals surface area contributed by atoms with Gasteiger partial charge in [0.05, 0.1) is 8.07 Å². The Labute approximate surface area is 128 Å². The Hall–Kier alpha value is -0.123. The summed E-state index contributed by atoms with van der Waals surface area (Å²) in [6, 6.07) is 0.604. The van der Waals surface area contributed by atoms with E-state index < -0.39 is 8.07 Å². The third-order valence-electron chi connectivity index (χ3n) is 3.24. The minimum atomic E-state index is -1.12. The molecule has 1 atom stereocenters. The van der Waals surface area contributed by atoms with E-state index in [0.29, 0.717) is 6.04 Å². The number of halogens is 1. The molecule has 0 N–H and O–H groups in total. The van der Waals surface area contributed by atoms with E-state index >= 15 is 0 Å². The van der Waals surface area contributed by atoms with Crippen LogP contribution in [0.15, 0.2) is 34.5 Å². The van der Waals surface area contributed by atoms with E-state index in [-0.39, 0.29) is 0 Å². The summed E-state index contributed by atoms with van der Waals surface area (Å²) in [4.78, 5) is 2.60. The van der Waals surface area contributed by atoms with Gasteiger partial charge in [0.25, 0.3) is 0 Å². The van der Waals surface area contributed by atoms with Crippen LogP contribution in [0.3, 0.4) is 0 Å². The average Bonchev–Trinajstić information content (AvgIpc) is 2.29. The first-order valence-electron chi connectivity index (χ1n) is 7.33. The summed E-state index contributed by atoms with van der Waals surface area (Å²) in [5, 5.41) is 0. The lowest BCUT2D eigenvalue weighted by Gasteiger charge is -2.34. The molecule has 0 saturated carbocycles. The van der Waals surface area contributed by atoms with Crippen molar-refractivity contribution in [3.63, 3.8) is 0 Å². The number of hydrogen-bond acceptors (Lipinski definition) is 1. The smallest absolute Gasteiger partial charge is 0.0698 e. The van der Waals surface area contributed by atoms with Crippen molar-refractivity contribution >= 4 is 24.0 Å². The van der Waals surface area contributed by atoms with Crippen molar-refractivity contribution in [2.75, 3.05) is 13.1 Å². The van der Waals surface area contributed by atoms with E-state index in [1.54, 1.807) is 0 Å². The van der Waals surface area contributed by atoms with Crippen LogP contribution in [0.1, 0.15) is 26.2 Å². The average molecular weight is 342 g/mol. The Bertz CT molecular complexity index is 352.